The van der Waals surface area contributed by atoms with E-state index in [2.05, 4.69) is 31.5 Å². The Bertz CT molecular complexity index is 229. The second-order valence-electron chi connectivity index (χ2n) is 2.48. The second-order valence-corrected chi connectivity index (χ2v) is 2.96. The second kappa shape index (κ2) is 2.62. The van der Waals surface area contributed by atoms with Crippen LogP contribution in [0.15, 0.2) is 11.1 Å². The minimum atomic E-state index is 0.975. The van der Waals surface area contributed by atoms with Crippen molar-refractivity contribution < 1.29 is 0 Å². The zero-order valence-electron chi connectivity index (χ0n) is 6.47. The standard InChI is InChI=1S/C8H11NS/c1-5-6(2)8(10)4-9-7(5)3/h4,10H,1-3H3. The molecule has 0 aromatic carbocycles. The molecule has 0 saturated heterocycles. The van der Waals surface area contributed by atoms with Crippen LogP contribution in [-0.4, -0.2) is 4.98 Å². The molecule has 0 radical (unpaired) electrons. The number of thiol groups is 1. The van der Waals surface area contributed by atoms with Crippen molar-refractivity contribution in [2.45, 2.75) is 25.7 Å². The van der Waals surface area contributed by atoms with E-state index in [0.717, 1.165) is 10.6 Å². The Balaban J connectivity index is 3.34. The molecule has 1 heterocycles. The fourth-order valence-electron chi connectivity index (χ4n) is 0.815. The Hall–Kier alpha value is -0.500. The van der Waals surface area contributed by atoms with Gasteiger partial charge < -0.3 is 0 Å². The SMILES string of the molecule is Cc1ncc(S)c(C)c1C. The summed E-state index contributed by atoms with van der Waals surface area (Å²) in [6.45, 7) is 6.14. The molecule has 0 spiro atoms. The van der Waals surface area contributed by atoms with Crippen molar-refractivity contribution in [1.82, 2.24) is 4.98 Å². The predicted molar refractivity (Wildman–Crippen MR) is 45.7 cm³/mol. The van der Waals surface area contributed by atoms with Gasteiger partial charge in [0.05, 0.1) is 0 Å². The zero-order valence-corrected chi connectivity index (χ0v) is 7.37. The van der Waals surface area contributed by atoms with Gasteiger partial charge in [-0.1, -0.05) is 0 Å². The molecule has 2 heteroatoms. The van der Waals surface area contributed by atoms with Crippen LogP contribution >= 0.6 is 12.6 Å². The lowest BCUT2D eigenvalue weighted by Gasteiger charge is -2.04. The predicted octanol–water partition coefficient (Wildman–Crippen LogP) is 2.30. The summed E-state index contributed by atoms with van der Waals surface area (Å²) in [6.07, 6.45) is 1.79. The number of rotatable bonds is 0. The molecule has 10 heavy (non-hydrogen) atoms. The summed E-state index contributed by atoms with van der Waals surface area (Å²) < 4.78 is 0. The highest BCUT2D eigenvalue weighted by Gasteiger charge is 1.99. The first-order chi connectivity index (χ1) is 4.63. The molecule has 1 aromatic rings. The molecule has 0 unspecified atom stereocenters. The van der Waals surface area contributed by atoms with Gasteiger partial charge in [-0.2, -0.15) is 0 Å². The average molecular weight is 153 g/mol. The van der Waals surface area contributed by atoms with Gasteiger partial charge >= 0.3 is 0 Å². The van der Waals surface area contributed by atoms with Gasteiger partial charge in [0.1, 0.15) is 0 Å². The fraction of sp³-hybridized carbons (Fsp3) is 0.375. The lowest BCUT2D eigenvalue weighted by Crippen LogP contribution is -1.90. The smallest absolute Gasteiger partial charge is 0.0407 e. The monoisotopic (exact) mass is 153 g/mol. The van der Waals surface area contributed by atoms with Gasteiger partial charge in [-0.25, -0.2) is 0 Å². The molecule has 0 fully saturated rings. The number of nitrogens with zero attached hydrogens (tertiary/aromatic N) is 1. The summed E-state index contributed by atoms with van der Waals surface area (Å²) in [4.78, 5) is 5.14. The van der Waals surface area contributed by atoms with Crippen molar-refractivity contribution in [3.63, 3.8) is 0 Å². The molecule has 1 aromatic heterocycles. The third-order valence-electron chi connectivity index (χ3n) is 1.87. The Kier molecular flexibility index (Phi) is 2.00. The number of aryl methyl sites for hydroxylation is 1. The van der Waals surface area contributed by atoms with E-state index in [9.17, 15) is 0 Å². The van der Waals surface area contributed by atoms with E-state index < -0.39 is 0 Å². The summed E-state index contributed by atoms with van der Waals surface area (Å²) >= 11 is 4.25. The molecule has 0 aliphatic rings. The zero-order chi connectivity index (χ0) is 7.72. The third kappa shape index (κ3) is 1.16. The Morgan fingerprint density at radius 3 is 2.30 bits per heavy atom. The van der Waals surface area contributed by atoms with Crippen molar-refractivity contribution in [1.29, 1.82) is 0 Å². The van der Waals surface area contributed by atoms with E-state index in [-0.39, 0.29) is 0 Å². The van der Waals surface area contributed by atoms with Crippen molar-refractivity contribution >= 4 is 12.6 Å². The van der Waals surface area contributed by atoms with Crippen LogP contribution in [0.4, 0.5) is 0 Å². The van der Waals surface area contributed by atoms with E-state index in [4.69, 9.17) is 0 Å². The maximum atomic E-state index is 4.25. The number of aromatic nitrogens is 1. The van der Waals surface area contributed by atoms with E-state index >= 15 is 0 Å². The largest absolute Gasteiger partial charge is 0.260 e. The van der Waals surface area contributed by atoms with Gasteiger partial charge in [0.15, 0.2) is 0 Å². The Morgan fingerprint density at radius 1 is 1.20 bits per heavy atom. The highest BCUT2D eigenvalue weighted by Crippen LogP contribution is 2.16. The normalized spacial score (nSPS) is 10.0. The van der Waals surface area contributed by atoms with E-state index in [0.29, 0.717) is 0 Å². The van der Waals surface area contributed by atoms with Gasteiger partial charge in [-0.3, -0.25) is 4.98 Å². The molecule has 0 saturated carbocycles. The van der Waals surface area contributed by atoms with Gasteiger partial charge in [0.25, 0.3) is 0 Å². The first-order valence-corrected chi connectivity index (χ1v) is 3.69. The lowest BCUT2D eigenvalue weighted by atomic mass is 10.1. The first kappa shape index (κ1) is 7.61. The molecule has 1 nitrogen and oxygen atoms in total. The van der Waals surface area contributed by atoms with Crippen LogP contribution in [0, 0.1) is 20.8 Å². The topological polar surface area (TPSA) is 12.9 Å². The van der Waals surface area contributed by atoms with Crippen molar-refractivity contribution in [2.24, 2.45) is 0 Å². The summed E-state index contributed by atoms with van der Waals surface area (Å²) in [5, 5.41) is 0. The van der Waals surface area contributed by atoms with Crippen LogP contribution in [0.2, 0.25) is 0 Å². The lowest BCUT2D eigenvalue weighted by molar-refractivity contribution is 1.06. The molecule has 0 aliphatic carbocycles. The molecule has 0 bridgehead atoms. The van der Waals surface area contributed by atoms with Gasteiger partial charge in [-0.15, -0.1) is 12.6 Å². The Labute approximate surface area is 66.9 Å². The van der Waals surface area contributed by atoms with Crippen molar-refractivity contribution in [2.75, 3.05) is 0 Å². The summed E-state index contributed by atoms with van der Waals surface area (Å²) in [7, 11) is 0. The fourth-order valence-corrected chi connectivity index (χ4v) is 1.04. The number of hydrogen-bond acceptors (Lipinski definition) is 2. The minimum Gasteiger partial charge on any atom is -0.260 e. The van der Waals surface area contributed by atoms with Crippen LogP contribution in [-0.2, 0) is 0 Å². The maximum absolute atomic E-state index is 4.25. The first-order valence-electron chi connectivity index (χ1n) is 3.24. The third-order valence-corrected chi connectivity index (χ3v) is 2.32. The maximum Gasteiger partial charge on any atom is 0.0407 e. The quantitative estimate of drug-likeness (QED) is 0.564. The van der Waals surface area contributed by atoms with E-state index in [1.54, 1.807) is 6.20 Å². The highest BCUT2D eigenvalue weighted by molar-refractivity contribution is 7.80. The summed E-state index contributed by atoms with van der Waals surface area (Å²) in [6, 6.07) is 0. The molecule has 0 aliphatic heterocycles. The van der Waals surface area contributed by atoms with Gasteiger partial charge in [-0.05, 0) is 31.9 Å². The van der Waals surface area contributed by atoms with Crippen LogP contribution in [0.3, 0.4) is 0 Å². The molecule has 0 atom stereocenters. The minimum absolute atomic E-state index is 0.975. The summed E-state index contributed by atoms with van der Waals surface area (Å²) in [5.74, 6) is 0. The van der Waals surface area contributed by atoms with E-state index in [1.165, 1.54) is 11.1 Å². The molecule has 1 rings (SSSR count). The average Bonchev–Trinajstić information content (AvgIpc) is 1.93. The number of pyridine rings is 1. The van der Waals surface area contributed by atoms with E-state index in [1.807, 2.05) is 6.92 Å². The van der Waals surface area contributed by atoms with Gasteiger partial charge in [0, 0.05) is 16.8 Å². The summed E-state index contributed by atoms with van der Waals surface area (Å²) in [5.41, 5.74) is 3.57. The molecule has 54 valence electrons. The molecule has 0 N–H and O–H groups in total. The van der Waals surface area contributed by atoms with Crippen molar-refractivity contribution in [3.8, 4) is 0 Å². The molecular weight excluding hydrogens is 142 g/mol. The van der Waals surface area contributed by atoms with Crippen LogP contribution in [0.5, 0.6) is 0 Å². The van der Waals surface area contributed by atoms with Crippen LogP contribution in [0.25, 0.3) is 0 Å². The Morgan fingerprint density at radius 2 is 1.80 bits per heavy atom. The molecular formula is C8H11NS. The highest BCUT2D eigenvalue weighted by atomic mass is 32.1. The van der Waals surface area contributed by atoms with Crippen LogP contribution < -0.4 is 0 Å². The van der Waals surface area contributed by atoms with Crippen LogP contribution in [0.1, 0.15) is 16.8 Å². The molecule has 0 amide bonds. The van der Waals surface area contributed by atoms with Gasteiger partial charge in [0.2, 0.25) is 0 Å². The number of hydrogen-bond donors (Lipinski definition) is 1. The van der Waals surface area contributed by atoms with Crippen molar-refractivity contribution in [3.05, 3.63) is 23.0 Å².